The molecule has 0 saturated carbocycles. The number of aromatic nitrogens is 5. The number of H-pyrrole nitrogens is 3. The molecule has 7 aromatic rings. The van der Waals surface area contributed by atoms with Crippen LogP contribution in [0.4, 0.5) is 4.79 Å². The Kier molecular flexibility index (Phi) is 12.4. The van der Waals surface area contributed by atoms with Crippen LogP contribution in [0.5, 0.6) is 0 Å². The molecule has 0 bridgehead atoms. The smallest absolute Gasteiger partial charge is 0.407 e. The van der Waals surface area contributed by atoms with Crippen LogP contribution in [-0.2, 0) is 20.7 Å². The van der Waals surface area contributed by atoms with E-state index in [4.69, 9.17) is 14.7 Å². The molecule has 4 aromatic carbocycles. The number of ether oxygens (including phenoxy) is 1. The van der Waals surface area contributed by atoms with Crippen molar-refractivity contribution in [1.29, 1.82) is 0 Å². The zero-order valence-electron chi connectivity index (χ0n) is 36.6. The number of para-hydroxylation sites is 1. The summed E-state index contributed by atoms with van der Waals surface area (Å²) in [4.78, 5) is 66.8. The zero-order chi connectivity index (χ0) is 44.2. The molecule has 13 heteroatoms. The predicted molar refractivity (Wildman–Crippen MR) is 248 cm³/mol. The third-order valence-electron chi connectivity index (χ3n) is 13.0. The van der Waals surface area contributed by atoms with Gasteiger partial charge in [0.2, 0.25) is 5.91 Å². The van der Waals surface area contributed by atoms with Gasteiger partial charge in [-0.25, -0.2) is 14.8 Å². The molecule has 0 radical (unpaired) electrons. The van der Waals surface area contributed by atoms with Gasteiger partial charge in [-0.2, -0.15) is 0 Å². The van der Waals surface area contributed by atoms with E-state index in [1.807, 2.05) is 66.0 Å². The lowest BCUT2D eigenvalue weighted by molar-refractivity contribution is -0.141. The second-order valence-electron chi connectivity index (χ2n) is 16.6. The van der Waals surface area contributed by atoms with E-state index in [0.29, 0.717) is 18.9 Å². The van der Waals surface area contributed by atoms with Gasteiger partial charge >= 0.3 is 6.09 Å². The molecular formula is C51H55N9O4. The molecule has 0 aliphatic carbocycles. The van der Waals surface area contributed by atoms with Crippen molar-refractivity contribution < 1.29 is 19.1 Å². The van der Waals surface area contributed by atoms with Crippen molar-refractivity contribution in [1.82, 2.24) is 44.9 Å². The summed E-state index contributed by atoms with van der Waals surface area (Å²) in [5.41, 5.74) is 8.82. The van der Waals surface area contributed by atoms with Crippen molar-refractivity contribution in [3.63, 3.8) is 0 Å². The number of imidazole rings is 2. The quantitative estimate of drug-likeness (QED) is 0.0851. The number of benzene rings is 4. The predicted octanol–water partition coefficient (Wildman–Crippen LogP) is 8.99. The maximum Gasteiger partial charge on any atom is 0.407 e. The van der Waals surface area contributed by atoms with E-state index in [1.165, 1.54) is 7.05 Å². The van der Waals surface area contributed by atoms with Crippen molar-refractivity contribution in [2.45, 2.75) is 70.2 Å². The minimum atomic E-state index is -0.996. The number of likely N-dealkylation sites (tertiary alicyclic amines) is 2. The highest BCUT2D eigenvalue weighted by Gasteiger charge is 2.39. The van der Waals surface area contributed by atoms with Gasteiger partial charge in [0.15, 0.2) is 6.10 Å². The van der Waals surface area contributed by atoms with E-state index in [9.17, 15) is 14.4 Å². The number of alkyl carbamates (subject to hydrolysis) is 1. The Morgan fingerprint density at radius 2 is 1.25 bits per heavy atom. The summed E-state index contributed by atoms with van der Waals surface area (Å²) >= 11 is 0. The number of fused-ring (bicyclic) bond motifs is 1. The molecule has 328 valence electrons. The number of amides is 3. The first-order chi connectivity index (χ1) is 31.3. The lowest BCUT2D eigenvalue weighted by Crippen LogP contribution is -2.43. The normalized spacial score (nSPS) is 17.2. The molecule has 0 spiro atoms. The van der Waals surface area contributed by atoms with E-state index in [-0.39, 0.29) is 36.4 Å². The number of likely N-dealkylation sites (N-methyl/N-ethyl adjacent to an activating group) is 1. The molecule has 2 saturated heterocycles. The van der Waals surface area contributed by atoms with Gasteiger partial charge in [-0.15, -0.1) is 0 Å². The minimum absolute atomic E-state index is 0.102. The fraction of sp³-hybridized carbons (Fsp3) is 0.314. The average Bonchev–Trinajstić information content (AvgIpc) is 4.21. The van der Waals surface area contributed by atoms with Crippen molar-refractivity contribution in [3.05, 3.63) is 144 Å². The van der Waals surface area contributed by atoms with E-state index in [1.54, 1.807) is 4.90 Å². The molecule has 64 heavy (non-hydrogen) atoms. The Morgan fingerprint density at radius 1 is 0.719 bits per heavy atom. The first-order valence-corrected chi connectivity index (χ1v) is 22.5. The lowest BCUT2D eigenvalue weighted by Gasteiger charge is -2.34. The number of carbonyl (C=O) groups is 3. The molecule has 2 fully saturated rings. The molecule has 9 rings (SSSR count). The molecule has 0 unspecified atom stereocenters. The summed E-state index contributed by atoms with van der Waals surface area (Å²) in [7, 11) is 1.49. The second-order valence-corrected chi connectivity index (χ2v) is 16.6. The Hall–Kier alpha value is -6.99. The molecule has 4 atom stereocenters. The fourth-order valence-electron chi connectivity index (χ4n) is 9.56. The van der Waals surface area contributed by atoms with Crippen molar-refractivity contribution in [2.75, 3.05) is 33.2 Å². The van der Waals surface area contributed by atoms with E-state index in [2.05, 4.69) is 99.7 Å². The van der Waals surface area contributed by atoms with Gasteiger partial charge in [0.05, 0.1) is 35.9 Å². The van der Waals surface area contributed by atoms with Gasteiger partial charge in [-0.1, -0.05) is 111 Å². The number of nitrogens with one attached hydrogen (secondary N) is 4. The standard InChI is InChI=1S/C51H55N9O4/c1-4-58(5-2)46(37-13-7-6-8-14-37)50(62)60-28-12-18-44(60)48-55-32-42(57-48)36-25-21-34(22-26-36)33-19-23-35(24-20-33)41-31-54-47(56-41)43-17-11-27-59(43)49(61)45(64-51(63)52-3)29-38-30-53-40-16-10-9-15-39(38)40/h6-10,13-16,19-26,30-32,43-46,53H,4-5,11-12,17-18,27-29H2,1-3H3,(H,52,63)(H,54,56)(H,55,57)/t43-,44-,45-,46+/m0/s1. The Balaban J connectivity index is 0.858. The number of carbonyl (C=O) groups excluding carboxylic acids is 3. The van der Waals surface area contributed by atoms with Crippen LogP contribution in [-0.4, -0.2) is 96.9 Å². The molecule has 4 N–H and O–H groups in total. The number of hydrogen-bond acceptors (Lipinski definition) is 7. The lowest BCUT2D eigenvalue weighted by atomic mass is 10.0. The average molecular weight is 858 g/mol. The van der Waals surface area contributed by atoms with E-state index >= 15 is 0 Å². The third-order valence-corrected chi connectivity index (χ3v) is 13.0. The maximum atomic E-state index is 14.3. The van der Waals surface area contributed by atoms with Crippen molar-refractivity contribution in [2.24, 2.45) is 0 Å². The number of hydrogen-bond donors (Lipinski definition) is 4. The minimum Gasteiger partial charge on any atom is -0.436 e. The summed E-state index contributed by atoms with van der Waals surface area (Å²) in [6.07, 6.45) is 7.54. The second kappa shape index (κ2) is 18.8. The SMILES string of the molecule is CCN(CC)[C@@H](C(=O)N1CCC[C@H]1c1ncc(-c2ccc(-c3ccc(-c4cnc([C@@H]5CCCN5C(=O)[C@H](Cc5c[nH]c6ccccc56)OC(=O)NC)[nH]4)cc3)cc2)[nH]1)c1ccccc1. The molecular weight excluding hydrogens is 803 g/mol. The first kappa shape index (κ1) is 42.3. The van der Waals surface area contributed by atoms with E-state index < -0.39 is 12.2 Å². The monoisotopic (exact) mass is 857 g/mol. The van der Waals surface area contributed by atoms with Crippen LogP contribution in [0, 0.1) is 0 Å². The number of nitrogens with zero attached hydrogens (tertiary/aromatic N) is 5. The maximum absolute atomic E-state index is 14.3. The summed E-state index contributed by atoms with van der Waals surface area (Å²) in [5.74, 6) is 1.41. The molecule has 3 aromatic heterocycles. The van der Waals surface area contributed by atoms with Crippen LogP contribution >= 0.6 is 0 Å². The summed E-state index contributed by atoms with van der Waals surface area (Å²) in [6, 6.07) is 34.1. The van der Waals surface area contributed by atoms with Crippen LogP contribution in [0.25, 0.3) is 44.5 Å². The van der Waals surface area contributed by atoms with Crippen molar-refractivity contribution >= 4 is 28.8 Å². The van der Waals surface area contributed by atoms with Gasteiger partial charge in [-0.05, 0) is 78.2 Å². The van der Waals surface area contributed by atoms with Gasteiger partial charge in [0.25, 0.3) is 5.91 Å². The number of rotatable bonds is 14. The Bertz CT molecular complexity index is 2700. The van der Waals surface area contributed by atoms with Crippen LogP contribution in [0.2, 0.25) is 0 Å². The van der Waals surface area contributed by atoms with Crippen LogP contribution in [0.15, 0.2) is 122 Å². The highest BCUT2D eigenvalue weighted by atomic mass is 16.6. The van der Waals surface area contributed by atoms with Gasteiger partial charge < -0.3 is 34.8 Å². The summed E-state index contributed by atoms with van der Waals surface area (Å²) in [6.45, 7) is 7.05. The zero-order valence-corrected chi connectivity index (χ0v) is 36.6. The van der Waals surface area contributed by atoms with Crippen molar-refractivity contribution in [3.8, 4) is 33.6 Å². The summed E-state index contributed by atoms with van der Waals surface area (Å²) in [5, 5.41) is 3.49. The summed E-state index contributed by atoms with van der Waals surface area (Å²) < 4.78 is 5.69. The fourth-order valence-corrected chi connectivity index (χ4v) is 9.56. The van der Waals surface area contributed by atoms with Crippen LogP contribution < -0.4 is 5.32 Å². The number of aromatic amines is 3. The van der Waals surface area contributed by atoms with Gasteiger partial charge in [-0.3, -0.25) is 14.5 Å². The van der Waals surface area contributed by atoms with Crippen LogP contribution in [0.3, 0.4) is 0 Å². The molecule has 13 nitrogen and oxygen atoms in total. The van der Waals surface area contributed by atoms with Crippen LogP contribution in [0.1, 0.15) is 80.4 Å². The molecule has 3 amide bonds. The van der Waals surface area contributed by atoms with E-state index in [0.717, 1.165) is 100 Å². The highest BCUT2D eigenvalue weighted by molar-refractivity contribution is 5.87. The molecule has 5 heterocycles. The topological polar surface area (TPSA) is 155 Å². The Labute approximate surface area is 373 Å². The molecule has 2 aliphatic heterocycles. The molecule has 2 aliphatic rings. The largest absolute Gasteiger partial charge is 0.436 e. The highest BCUT2D eigenvalue weighted by Crippen LogP contribution is 2.37. The van der Waals surface area contributed by atoms with Gasteiger partial charge in [0.1, 0.15) is 17.7 Å². The third kappa shape index (κ3) is 8.55. The first-order valence-electron chi connectivity index (χ1n) is 22.5. The Morgan fingerprint density at radius 3 is 1.81 bits per heavy atom. The van der Waals surface area contributed by atoms with Gasteiger partial charge in [0, 0.05) is 43.7 Å².